The van der Waals surface area contributed by atoms with E-state index in [0.29, 0.717) is 12.6 Å². The van der Waals surface area contributed by atoms with E-state index in [2.05, 4.69) is 34.1 Å². The number of hydrogen-bond donors (Lipinski definition) is 1. The normalized spacial score (nSPS) is 18.6. The number of benzene rings is 1. The molecule has 1 aliphatic heterocycles. The quantitative estimate of drug-likeness (QED) is 0.917. The Balaban J connectivity index is 2.00. The summed E-state index contributed by atoms with van der Waals surface area (Å²) in [7, 11) is 0. The van der Waals surface area contributed by atoms with E-state index in [1.54, 1.807) is 0 Å². The van der Waals surface area contributed by atoms with E-state index < -0.39 is 0 Å². The minimum Gasteiger partial charge on any atom is -0.329 e. The average molecular weight is 255 g/mol. The fraction of sp³-hybridized carbons (Fsp3) is 0.438. The molecule has 0 spiro atoms. The maximum Gasteiger partial charge on any atom is 0.0491 e. The summed E-state index contributed by atoms with van der Waals surface area (Å²) < 4.78 is 0. The first kappa shape index (κ1) is 12.6. The predicted octanol–water partition coefficient (Wildman–Crippen LogP) is 2.72. The lowest BCUT2D eigenvalue weighted by molar-refractivity contribution is 0.168. The Morgan fingerprint density at radius 1 is 1.11 bits per heavy atom. The molecule has 0 amide bonds. The van der Waals surface area contributed by atoms with Crippen molar-refractivity contribution in [1.29, 1.82) is 0 Å². The van der Waals surface area contributed by atoms with Crippen LogP contribution >= 0.6 is 0 Å². The van der Waals surface area contributed by atoms with E-state index in [-0.39, 0.29) is 0 Å². The number of piperidine rings is 1. The maximum atomic E-state index is 6.06. The highest BCUT2D eigenvalue weighted by Gasteiger charge is 2.22. The van der Waals surface area contributed by atoms with E-state index in [1.165, 1.54) is 35.6 Å². The van der Waals surface area contributed by atoms with E-state index in [9.17, 15) is 0 Å². The highest BCUT2D eigenvalue weighted by atomic mass is 15.2. The molecule has 0 radical (unpaired) electrons. The zero-order valence-corrected chi connectivity index (χ0v) is 11.3. The van der Waals surface area contributed by atoms with Crippen molar-refractivity contribution in [1.82, 2.24) is 9.88 Å². The van der Waals surface area contributed by atoms with Crippen LogP contribution in [-0.2, 0) is 0 Å². The largest absolute Gasteiger partial charge is 0.329 e. The van der Waals surface area contributed by atoms with E-state index in [0.717, 1.165) is 13.1 Å². The van der Waals surface area contributed by atoms with Crippen LogP contribution in [0.15, 0.2) is 36.7 Å². The van der Waals surface area contributed by atoms with Gasteiger partial charge in [-0.25, -0.2) is 0 Å². The summed E-state index contributed by atoms with van der Waals surface area (Å²) in [5.41, 5.74) is 7.34. The van der Waals surface area contributed by atoms with Crippen LogP contribution in [0, 0.1) is 0 Å². The predicted molar refractivity (Wildman–Crippen MR) is 79.0 cm³/mol. The third-order valence-electron chi connectivity index (χ3n) is 4.11. The third kappa shape index (κ3) is 2.48. The summed E-state index contributed by atoms with van der Waals surface area (Å²) in [4.78, 5) is 6.92. The molecule has 3 rings (SSSR count). The third-order valence-corrected chi connectivity index (χ3v) is 4.11. The second-order valence-electron chi connectivity index (χ2n) is 5.30. The average Bonchev–Trinajstić information content (AvgIpc) is 2.49. The molecule has 1 fully saturated rings. The summed E-state index contributed by atoms with van der Waals surface area (Å²) in [5, 5.41) is 2.49. The van der Waals surface area contributed by atoms with Crippen molar-refractivity contribution < 1.29 is 0 Å². The van der Waals surface area contributed by atoms with Crippen LogP contribution < -0.4 is 5.73 Å². The lowest BCUT2D eigenvalue weighted by Gasteiger charge is -2.34. The molecule has 2 aromatic rings. The summed E-state index contributed by atoms with van der Waals surface area (Å²) in [5.74, 6) is 0. The lowest BCUT2D eigenvalue weighted by Crippen LogP contribution is -2.37. The molecular formula is C16H21N3. The van der Waals surface area contributed by atoms with Crippen LogP contribution in [0.4, 0.5) is 0 Å². The van der Waals surface area contributed by atoms with Gasteiger partial charge in [-0.2, -0.15) is 0 Å². The van der Waals surface area contributed by atoms with Crippen molar-refractivity contribution in [3.63, 3.8) is 0 Å². The van der Waals surface area contributed by atoms with Crippen LogP contribution in [0.2, 0.25) is 0 Å². The molecule has 1 saturated heterocycles. The second kappa shape index (κ2) is 5.68. The summed E-state index contributed by atoms with van der Waals surface area (Å²) in [6, 6.07) is 8.76. The van der Waals surface area contributed by atoms with Crippen molar-refractivity contribution in [2.45, 2.75) is 25.3 Å². The molecule has 1 atom stereocenters. The Bertz CT molecular complexity index is 541. The molecule has 3 heteroatoms. The topological polar surface area (TPSA) is 42.1 Å². The minimum absolute atomic E-state index is 0.305. The summed E-state index contributed by atoms with van der Waals surface area (Å²) in [6.07, 6.45) is 7.85. The molecule has 3 nitrogen and oxygen atoms in total. The molecule has 2 N–H and O–H groups in total. The molecular weight excluding hydrogens is 234 g/mol. The van der Waals surface area contributed by atoms with Gasteiger partial charge in [-0.15, -0.1) is 0 Å². The Morgan fingerprint density at radius 2 is 1.89 bits per heavy atom. The van der Waals surface area contributed by atoms with E-state index in [1.807, 2.05) is 12.4 Å². The van der Waals surface area contributed by atoms with Crippen LogP contribution in [0.5, 0.6) is 0 Å². The Labute approximate surface area is 114 Å². The van der Waals surface area contributed by atoms with Gasteiger partial charge in [-0.3, -0.25) is 9.88 Å². The minimum atomic E-state index is 0.305. The van der Waals surface area contributed by atoms with Crippen molar-refractivity contribution in [2.75, 3.05) is 19.6 Å². The standard InChI is InChI=1S/C16H21N3/c17-10-16(19-8-4-1-5-9-19)15-12-18-11-13-6-2-3-7-14(13)15/h2-3,6-7,11-12,16H,1,4-5,8-10,17H2. The van der Waals surface area contributed by atoms with Gasteiger partial charge in [0.25, 0.3) is 0 Å². The van der Waals surface area contributed by atoms with Crippen molar-refractivity contribution in [3.05, 3.63) is 42.2 Å². The SMILES string of the molecule is NCC(c1cncc2ccccc12)N1CCCCC1. The van der Waals surface area contributed by atoms with Crippen molar-refractivity contribution in [2.24, 2.45) is 5.73 Å². The number of nitrogens with two attached hydrogens (primary N) is 1. The number of fused-ring (bicyclic) bond motifs is 1. The first-order valence-corrected chi connectivity index (χ1v) is 7.17. The monoisotopic (exact) mass is 255 g/mol. The van der Waals surface area contributed by atoms with Crippen molar-refractivity contribution >= 4 is 10.8 Å². The fourth-order valence-electron chi connectivity index (χ4n) is 3.11. The molecule has 0 bridgehead atoms. The second-order valence-corrected chi connectivity index (χ2v) is 5.30. The molecule has 1 aliphatic rings. The zero-order valence-electron chi connectivity index (χ0n) is 11.3. The molecule has 1 aromatic heterocycles. The lowest BCUT2D eigenvalue weighted by atomic mass is 9.98. The maximum absolute atomic E-state index is 6.06. The molecule has 1 aromatic carbocycles. The number of aromatic nitrogens is 1. The number of nitrogens with zero attached hydrogens (tertiary/aromatic N) is 2. The highest BCUT2D eigenvalue weighted by Crippen LogP contribution is 2.28. The molecule has 100 valence electrons. The van der Waals surface area contributed by atoms with Crippen LogP contribution in [0.3, 0.4) is 0 Å². The van der Waals surface area contributed by atoms with Gasteiger partial charge in [0, 0.05) is 30.4 Å². The van der Waals surface area contributed by atoms with Gasteiger partial charge in [0.1, 0.15) is 0 Å². The highest BCUT2D eigenvalue weighted by molar-refractivity contribution is 5.85. The number of likely N-dealkylation sites (tertiary alicyclic amines) is 1. The Morgan fingerprint density at radius 3 is 2.68 bits per heavy atom. The number of pyridine rings is 1. The van der Waals surface area contributed by atoms with Gasteiger partial charge in [0.15, 0.2) is 0 Å². The molecule has 2 heterocycles. The van der Waals surface area contributed by atoms with Crippen LogP contribution in [0.1, 0.15) is 30.9 Å². The van der Waals surface area contributed by atoms with Gasteiger partial charge in [-0.05, 0) is 36.9 Å². The van der Waals surface area contributed by atoms with E-state index >= 15 is 0 Å². The van der Waals surface area contributed by atoms with Crippen LogP contribution in [0.25, 0.3) is 10.8 Å². The van der Waals surface area contributed by atoms with Gasteiger partial charge in [0.2, 0.25) is 0 Å². The zero-order chi connectivity index (χ0) is 13.1. The van der Waals surface area contributed by atoms with Gasteiger partial charge >= 0.3 is 0 Å². The summed E-state index contributed by atoms with van der Waals surface area (Å²) in [6.45, 7) is 2.98. The first-order chi connectivity index (χ1) is 9.40. The Kier molecular flexibility index (Phi) is 3.76. The number of rotatable bonds is 3. The Hall–Kier alpha value is -1.45. The molecule has 1 unspecified atom stereocenters. The van der Waals surface area contributed by atoms with Gasteiger partial charge in [-0.1, -0.05) is 30.7 Å². The number of hydrogen-bond acceptors (Lipinski definition) is 3. The van der Waals surface area contributed by atoms with Crippen LogP contribution in [-0.4, -0.2) is 29.5 Å². The van der Waals surface area contributed by atoms with Gasteiger partial charge < -0.3 is 5.73 Å². The first-order valence-electron chi connectivity index (χ1n) is 7.17. The molecule has 19 heavy (non-hydrogen) atoms. The molecule has 0 saturated carbocycles. The van der Waals surface area contributed by atoms with E-state index in [4.69, 9.17) is 5.73 Å². The molecule has 0 aliphatic carbocycles. The smallest absolute Gasteiger partial charge is 0.0491 e. The van der Waals surface area contributed by atoms with Gasteiger partial charge in [0.05, 0.1) is 0 Å². The van der Waals surface area contributed by atoms with Crippen molar-refractivity contribution in [3.8, 4) is 0 Å². The summed E-state index contributed by atoms with van der Waals surface area (Å²) >= 11 is 0. The fourth-order valence-corrected chi connectivity index (χ4v) is 3.11.